The highest BCUT2D eigenvalue weighted by Crippen LogP contribution is 2.42. The van der Waals surface area contributed by atoms with Crippen LogP contribution >= 0.6 is 35.7 Å². The van der Waals surface area contributed by atoms with Crippen LogP contribution in [0.4, 0.5) is 0 Å². The Hall–Kier alpha value is -0.220. The zero-order valence-electron chi connectivity index (χ0n) is 17.1. The maximum absolute atomic E-state index is 11.8. The molecule has 154 valence electrons. The fourth-order valence-electron chi connectivity index (χ4n) is 2.66. The van der Waals surface area contributed by atoms with Gasteiger partial charge in [-0.3, -0.25) is 4.79 Å². The number of unbranched alkanes of at least 4 members (excludes halogenated alkanes) is 1. The second-order valence-electron chi connectivity index (χ2n) is 7.34. The summed E-state index contributed by atoms with van der Waals surface area (Å²) >= 11 is 1.78. The molecule has 1 saturated carbocycles. The predicted octanol–water partition coefficient (Wildman–Crippen LogP) is 2.57. The molecule has 1 amide bonds. The number of hydrogen-bond donors (Lipinski definition) is 2. The maximum Gasteiger partial charge on any atom is 0.243 e. The number of halogens is 1. The summed E-state index contributed by atoms with van der Waals surface area (Å²) in [6.45, 7) is 8.46. The summed E-state index contributed by atoms with van der Waals surface area (Å²) in [5.74, 6) is 1.72. The molecule has 0 aromatic carbocycles. The van der Waals surface area contributed by atoms with Gasteiger partial charge in [0.05, 0.1) is 6.10 Å². The number of guanidine groups is 1. The van der Waals surface area contributed by atoms with Gasteiger partial charge in [0.2, 0.25) is 5.91 Å². The van der Waals surface area contributed by atoms with Crippen LogP contribution in [0.15, 0.2) is 4.99 Å². The van der Waals surface area contributed by atoms with Crippen LogP contribution in [0.3, 0.4) is 0 Å². The Morgan fingerprint density at radius 1 is 1.38 bits per heavy atom. The van der Waals surface area contributed by atoms with Crippen molar-refractivity contribution >= 4 is 47.6 Å². The van der Waals surface area contributed by atoms with Crippen LogP contribution in [-0.2, 0) is 9.53 Å². The quantitative estimate of drug-likeness (QED) is 0.209. The van der Waals surface area contributed by atoms with Crippen molar-refractivity contribution in [1.82, 2.24) is 15.5 Å². The van der Waals surface area contributed by atoms with Gasteiger partial charge in [-0.05, 0) is 19.1 Å². The van der Waals surface area contributed by atoms with Gasteiger partial charge in [-0.2, -0.15) is 11.8 Å². The second kappa shape index (κ2) is 13.0. The van der Waals surface area contributed by atoms with Crippen molar-refractivity contribution in [3.05, 3.63) is 0 Å². The monoisotopic (exact) mass is 500 g/mol. The van der Waals surface area contributed by atoms with E-state index in [0.29, 0.717) is 12.0 Å². The molecule has 0 aromatic rings. The molecule has 26 heavy (non-hydrogen) atoms. The lowest BCUT2D eigenvalue weighted by atomic mass is 9.64. The average Bonchev–Trinajstić information content (AvgIpc) is 2.57. The van der Waals surface area contributed by atoms with E-state index < -0.39 is 0 Å². The summed E-state index contributed by atoms with van der Waals surface area (Å²) in [6, 6.07) is 0.300. The molecule has 0 bridgehead atoms. The van der Waals surface area contributed by atoms with Crippen LogP contribution in [0.5, 0.6) is 0 Å². The fourth-order valence-corrected chi connectivity index (χ4v) is 2.97. The molecule has 0 aliphatic heterocycles. The van der Waals surface area contributed by atoms with Crippen molar-refractivity contribution in [2.75, 3.05) is 45.8 Å². The Morgan fingerprint density at radius 2 is 2.08 bits per heavy atom. The smallest absolute Gasteiger partial charge is 0.243 e. The summed E-state index contributed by atoms with van der Waals surface area (Å²) in [6.07, 6.45) is 5.61. The van der Waals surface area contributed by atoms with Crippen molar-refractivity contribution in [1.29, 1.82) is 0 Å². The molecule has 0 spiro atoms. The Bertz CT molecular complexity index is 447. The van der Waals surface area contributed by atoms with Crippen LogP contribution in [0.2, 0.25) is 0 Å². The number of aliphatic imine (C=N–C) groups is 1. The van der Waals surface area contributed by atoms with E-state index in [2.05, 4.69) is 42.7 Å². The van der Waals surface area contributed by atoms with E-state index in [4.69, 9.17) is 4.74 Å². The number of nitrogens with zero attached hydrogens (tertiary/aromatic N) is 2. The van der Waals surface area contributed by atoms with Gasteiger partial charge in [0.15, 0.2) is 5.96 Å². The highest BCUT2D eigenvalue weighted by molar-refractivity contribution is 14.0. The lowest BCUT2D eigenvalue weighted by Crippen LogP contribution is -2.63. The molecule has 0 heterocycles. The molecule has 6 nitrogen and oxygen atoms in total. The number of thioether (sulfide) groups is 1. The number of ether oxygens (including phenoxy) is 1. The third-order valence-electron chi connectivity index (χ3n) is 4.78. The van der Waals surface area contributed by atoms with Gasteiger partial charge >= 0.3 is 0 Å². The van der Waals surface area contributed by atoms with E-state index in [1.54, 1.807) is 30.8 Å². The standard InChI is InChI=1S/C18H36N4O2S.HI/c1-7-8-10-24-15-12-14(18(15,2)3)21-17(19-9-11-25-6)20-13-16(23)22(4)5;/h14-15H,7-13H2,1-6H3,(H2,19,20,21);1H. The van der Waals surface area contributed by atoms with Crippen molar-refractivity contribution < 1.29 is 9.53 Å². The molecule has 2 atom stereocenters. The Kier molecular flexibility index (Phi) is 12.9. The Labute approximate surface area is 180 Å². The molecule has 0 aromatic heterocycles. The normalized spacial score (nSPS) is 21.4. The first-order valence-electron chi connectivity index (χ1n) is 9.18. The molecule has 0 saturated heterocycles. The molecule has 1 fully saturated rings. The summed E-state index contributed by atoms with van der Waals surface area (Å²) in [5.41, 5.74) is 0.0568. The van der Waals surface area contributed by atoms with E-state index in [0.717, 1.165) is 38.2 Å². The lowest BCUT2D eigenvalue weighted by Gasteiger charge is -2.52. The van der Waals surface area contributed by atoms with Crippen LogP contribution in [0, 0.1) is 5.41 Å². The van der Waals surface area contributed by atoms with Gasteiger partial charge in [-0.1, -0.05) is 27.2 Å². The van der Waals surface area contributed by atoms with Gasteiger partial charge in [-0.25, -0.2) is 4.99 Å². The highest BCUT2D eigenvalue weighted by atomic mass is 127. The summed E-state index contributed by atoms with van der Waals surface area (Å²) in [7, 11) is 3.50. The molecule has 2 unspecified atom stereocenters. The molecule has 2 N–H and O–H groups in total. The van der Waals surface area contributed by atoms with Gasteiger partial charge in [-0.15, -0.1) is 24.0 Å². The Morgan fingerprint density at radius 3 is 2.62 bits per heavy atom. The second-order valence-corrected chi connectivity index (χ2v) is 8.33. The van der Waals surface area contributed by atoms with Gasteiger partial charge < -0.3 is 20.3 Å². The zero-order chi connectivity index (χ0) is 18.9. The first-order valence-corrected chi connectivity index (χ1v) is 10.6. The molecule has 8 heteroatoms. The van der Waals surface area contributed by atoms with E-state index >= 15 is 0 Å². The van der Waals surface area contributed by atoms with Crippen LogP contribution in [0.1, 0.15) is 40.0 Å². The van der Waals surface area contributed by atoms with Crippen LogP contribution in [0.25, 0.3) is 0 Å². The minimum absolute atomic E-state index is 0. The minimum atomic E-state index is -0.000360. The van der Waals surface area contributed by atoms with Gasteiger partial charge in [0.25, 0.3) is 0 Å². The summed E-state index contributed by atoms with van der Waals surface area (Å²) in [4.78, 5) is 17.8. The first-order chi connectivity index (χ1) is 11.8. The molecule has 0 radical (unpaired) electrons. The molecular formula is C18H37IN4O2S. The van der Waals surface area contributed by atoms with Crippen molar-refractivity contribution in [3.63, 3.8) is 0 Å². The van der Waals surface area contributed by atoms with Crippen molar-refractivity contribution in [3.8, 4) is 0 Å². The van der Waals surface area contributed by atoms with Crippen LogP contribution < -0.4 is 10.6 Å². The van der Waals surface area contributed by atoms with E-state index in [-0.39, 0.29) is 47.9 Å². The zero-order valence-corrected chi connectivity index (χ0v) is 20.3. The molecular weight excluding hydrogens is 463 g/mol. The first kappa shape index (κ1) is 25.8. The van der Waals surface area contributed by atoms with Gasteiger partial charge in [0, 0.05) is 44.5 Å². The van der Waals surface area contributed by atoms with Crippen LogP contribution in [-0.4, -0.2) is 74.7 Å². The number of likely N-dealkylation sites (N-methyl/N-ethyl adjacent to an activating group) is 1. The number of amides is 1. The summed E-state index contributed by atoms with van der Waals surface area (Å²) in [5, 5.41) is 6.82. The Balaban J connectivity index is 0.00000625. The maximum atomic E-state index is 11.8. The van der Waals surface area contributed by atoms with Gasteiger partial charge in [0.1, 0.15) is 6.54 Å². The third kappa shape index (κ3) is 8.21. The van der Waals surface area contributed by atoms with Crippen molar-refractivity contribution in [2.24, 2.45) is 10.4 Å². The number of hydrogen-bond acceptors (Lipinski definition) is 4. The van der Waals surface area contributed by atoms with Crippen molar-refractivity contribution in [2.45, 2.75) is 52.2 Å². The van der Waals surface area contributed by atoms with E-state index in [1.165, 1.54) is 0 Å². The van der Waals surface area contributed by atoms with E-state index in [1.807, 2.05) is 0 Å². The molecule has 1 rings (SSSR count). The number of carbonyl (C=O) groups is 1. The molecule has 1 aliphatic carbocycles. The lowest BCUT2D eigenvalue weighted by molar-refractivity contribution is -0.127. The van der Waals surface area contributed by atoms with E-state index in [9.17, 15) is 4.79 Å². The molecule has 1 aliphatic rings. The average molecular weight is 500 g/mol. The number of rotatable bonds is 10. The minimum Gasteiger partial charge on any atom is -0.378 e. The topological polar surface area (TPSA) is 66.0 Å². The summed E-state index contributed by atoms with van der Waals surface area (Å²) < 4.78 is 6.01. The predicted molar refractivity (Wildman–Crippen MR) is 123 cm³/mol. The SMILES string of the molecule is CCCCOC1CC(NC(=NCC(=O)N(C)C)NCCSC)C1(C)C.I. The largest absolute Gasteiger partial charge is 0.378 e. The fraction of sp³-hybridized carbons (Fsp3) is 0.889. The third-order valence-corrected chi connectivity index (χ3v) is 5.39. The number of nitrogens with one attached hydrogen (secondary N) is 2. The highest BCUT2D eigenvalue weighted by Gasteiger charge is 2.49. The number of carbonyl (C=O) groups excluding carboxylic acids is 1.